The fraction of sp³-hybridized carbons (Fsp3) is 0. The van der Waals surface area contributed by atoms with E-state index in [4.69, 9.17) is 5.26 Å². The van der Waals surface area contributed by atoms with E-state index in [2.05, 4.69) is 16.0 Å². The van der Waals surface area contributed by atoms with E-state index in [1.54, 1.807) is 24.4 Å². The van der Waals surface area contributed by atoms with E-state index < -0.39 is 0 Å². The van der Waals surface area contributed by atoms with E-state index in [0.717, 1.165) is 11.3 Å². The number of pyridine rings is 1. The molecule has 0 fully saturated rings. The Labute approximate surface area is 119 Å². The summed E-state index contributed by atoms with van der Waals surface area (Å²) < 4.78 is 13.7. The molecular weight excluding hydrogens is 273 g/mol. The molecule has 0 aliphatic rings. The average molecular weight is 281 g/mol. The molecule has 2 aromatic heterocycles. The normalized spacial score (nSPS) is 10.2. The standard InChI is InChI=1S/C15H8FN3S/c16-13-8-18-6-5-12(13)15-19-14(9-20-15)11-3-1-10(7-17)2-4-11/h1-6,8-9H. The lowest BCUT2D eigenvalue weighted by atomic mass is 10.1. The van der Waals surface area contributed by atoms with Gasteiger partial charge in [0, 0.05) is 22.7 Å². The Morgan fingerprint density at radius 3 is 2.65 bits per heavy atom. The fourth-order valence-corrected chi connectivity index (χ4v) is 2.65. The number of benzene rings is 1. The largest absolute Gasteiger partial charge is 0.262 e. The van der Waals surface area contributed by atoms with Gasteiger partial charge in [0.05, 0.1) is 23.5 Å². The van der Waals surface area contributed by atoms with Crippen LogP contribution in [-0.4, -0.2) is 9.97 Å². The van der Waals surface area contributed by atoms with Crippen molar-refractivity contribution in [3.05, 3.63) is 59.5 Å². The number of hydrogen-bond acceptors (Lipinski definition) is 4. The van der Waals surface area contributed by atoms with Gasteiger partial charge in [0.25, 0.3) is 0 Å². The van der Waals surface area contributed by atoms with Crippen molar-refractivity contribution in [2.24, 2.45) is 0 Å². The molecule has 0 saturated carbocycles. The summed E-state index contributed by atoms with van der Waals surface area (Å²) in [5.74, 6) is -0.381. The van der Waals surface area contributed by atoms with Gasteiger partial charge in [0.1, 0.15) is 5.01 Å². The van der Waals surface area contributed by atoms with Gasteiger partial charge in [-0.15, -0.1) is 11.3 Å². The Hall–Kier alpha value is -2.58. The molecule has 20 heavy (non-hydrogen) atoms. The summed E-state index contributed by atoms with van der Waals surface area (Å²) >= 11 is 1.38. The van der Waals surface area contributed by atoms with Crippen molar-refractivity contribution in [1.29, 1.82) is 5.26 Å². The van der Waals surface area contributed by atoms with Crippen LogP contribution in [0.4, 0.5) is 4.39 Å². The average Bonchev–Trinajstić information content (AvgIpc) is 2.97. The third kappa shape index (κ3) is 2.29. The van der Waals surface area contributed by atoms with E-state index >= 15 is 0 Å². The lowest BCUT2D eigenvalue weighted by Gasteiger charge is -1.98. The minimum absolute atomic E-state index is 0.381. The minimum atomic E-state index is -0.381. The zero-order valence-electron chi connectivity index (χ0n) is 10.2. The molecule has 0 atom stereocenters. The molecule has 0 unspecified atom stereocenters. The van der Waals surface area contributed by atoms with Crippen molar-refractivity contribution in [2.45, 2.75) is 0 Å². The van der Waals surface area contributed by atoms with Crippen LogP contribution in [0.25, 0.3) is 21.8 Å². The second kappa shape index (κ2) is 5.19. The first-order valence-corrected chi connectivity index (χ1v) is 6.72. The van der Waals surface area contributed by atoms with E-state index in [1.165, 1.54) is 17.5 Å². The van der Waals surface area contributed by atoms with Gasteiger partial charge in [0.15, 0.2) is 5.82 Å². The lowest BCUT2D eigenvalue weighted by molar-refractivity contribution is 0.625. The number of nitriles is 1. The van der Waals surface area contributed by atoms with Crippen molar-refractivity contribution in [1.82, 2.24) is 9.97 Å². The van der Waals surface area contributed by atoms with E-state index in [1.807, 2.05) is 17.5 Å². The quantitative estimate of drug-likeness (QED) is 0.716. The molecule has 96 valence electrons. The number of rotatable bonds is 2. The highest BCUT2D eigenvalue weighted by Crippen LogP contribution is 2.30. The molecule has 3 rings (SSSR count). The van der Waals surface area contributed by atoms with Crippen LogP contribution in [0.3, 0.4) is 0 Å². The molecule has 0 N–H and O–H groups in total. The maximum Gasteiger partial charge on any atom is 0.151 e. The topological polar surface area (TPSA) is 49.6 Å². The van der Waals surface area contributed by atoms with Gasteiger partial charge in [-0.3, -0.25) is 4.98 Å². The predicted octanol–water partition coefficient (Wildman–Crippen LogP) is 3.88. The van der Waals surface area contributed by atoms with Crippen molar-refractivity contribution in [2.75, 3.05) is 0 Å². The molecule has 0 saturated heterocycles. The highest BCUT2D eigenvalue weighted by atomic mass is 32.1. The van der Waals surface area contributed by atoms with Crippen LogP contribution in [0.1, 0.15) is 5.56 Å². The highest BCUT2D eigenvalue weighted by molar-refractivity contribution is 7.13. The van der Waals surface area contributed by atoms with Gasteiger partial charge >= 0.3 is 0 Å². The molecular formula is C15H8FN3S. The SMILES string of the molecule is N#Cc1ccc(-c2csc(-c3ccncc3F)n2)cc1. The van der Waals surface area contributed by atoms with Crippen molar-refractivity contribution >= 4 is 11.3 Å². The summed E-state index contributed by atoms with van der Waals surface area (Å²) in [5, 5.41) is 11.3. The number of nitrogens with zero attached hydrogens (tertiary/aromatic N) is 3. The Balaban J connectivity index is 1.98. The maximum atomic E-state index is 13.7. The van der Waals surface area contributed by atoms with Crippen molar-refractivity contribution in [3.63, 3.8) is 0 Å². The first-order valence-electron chi connectivity index (χ1n) is 5.84. The summed E-state index contributed by atoms with van der Waals surface area (Å²) in [7, 11) is 0. The van der Waals surface area contributed by atoms with Crippen LogP contribution >= 0.6 is 11.3 Å². The Bertz CT molecular complexity index is 787. The third-order valence-electron chi connectivity index (χ3n) is 2.82. The molecule has 3 aromatic rings. The number of thiazole rings is 1. The van der Waals surface area contributed by atoms with Gasteiger partial charge in [0.2, 0.25) is 0 Å². The van der Waals surface area contributed by atoms with E-state index in [-0.39, 0.29) is 5.82 Å². The smallest absolute Gasteiger partial charge is 0.151 e. The highest BCUT2D eigenvalue weighted by Gasteiger charge is 2.10. The number of hydrogen-bond donors (Lipinski definition) is 0. The molecule has 0 amide bonds. The predicted molar refractivity (Wildman–Crippen MR) is 75.5 cm³/mol. The Morgan fingerprint density at radius 2 is 1.95 bits per heavy atom. The summed E-state index contributed by atoms with van der Waals surface area (Å²) in [4.78, 5) is 8.16. The molecule has 0 spiro atoms. The van der Waals surface area contributed by atoms with E-state index in [9.17, 15) is 4.39 Å². The van der Waals surface area contributed by atoms with Crippen LogP contribution in [-0.2, 0) is 0 Å². The number of aromatic nitrogens is 2. The lowest BCUT2D eigenvalue weighted by Crippen LogP contribution is -1.85. The summed E-state index contributed by atoms with van der Waals surface area (Å²) in [6.45, 7) is 0. The Kier molecular flexibility index (Phi) is 3.23. The maximum absolute atomic E-state index is 13.7. The molecule has 2 heterocycles. The summed E-state index contributed by atoms with van der Waals surface area (Å²) in [6, 6.07) is 10.8. The molecule has 0 aliphatic heterocycles. The van der Waals surface area contributed by atoms with Gasteiger partial charge in [-0.05, 0) is 18.2 Å². The first-order chi connectivity index (χ1) is 9.78. The molecule has 3 nitrogen and oxygen atoms in total. The van der Waals surface area contributed by atoms with E-state index in [0.29, 0.717) is 16.1 Å². The van der Waals surface area contributed by atoms with Gasteiger partial charge in [-0.2, -0.15) is 5.26 Å². The second-order valence-electron chi connectivity index (χ2n) is 4.08. The van der Waals surface area contributed by atoms with Crippen LogP contribution in [0.2, 0.25) is 0 Å². The molecule has 1 aromatic carbocycles. The minimum Gasteiger partial charge on any atom is -0.262 e. The van der Waals surface area contributed by atoms with Crippen LogP contribution < -0.4 is 0 Å². The Morgan fingerprint density at radius 1 is 1.15 bits per heavy atom. The third-order valence-corrected chi connectivity index (χ3v) is 3.69. The monoisotopic (exact) mass is 281 g/mol. The van der Waals surface area contributed by atoms with Crippen LogP contribution in [0, 0.1) is 17.1 Å². The van der Waals surface area contributed by atoms with Crippen molar-refractivity contribution < 1.29 is 4.39 Å². The molecule has 0 bridgehead atoms. The molecule has 0 aliphatic carbocycles. The van der Waals surface area contributed by atoms with Crippen LogP contribution in [0.5, 0.6) is 0 Å². The fourth-order valence-electron chi connectivity index (χ4n) is 1.79. The zero-order valence-corrected chi connectivity index (χ0v) is 11.1. The zero-order chi connectivity index (χ0) is 13.9. The first kappa shape index (κ1) is 12.5. The van der Waals surface area contributed by atoms with Gasteiger partial charge < -0.3 is 0 Å². The second-order valence-corrected chi connectivity index (χ2v) is 4.94. The summed E-state index contributed by atoms with van der Waals surface area (Å²) in [5.41, 5.74) is 2.72. The molecule has 0 radical (unpaired) electrons. The summed E-state index contributed by atoms with van der Waals surface area (Å²) in [6.07, 6.45) is 2.72. The van der Waals surface area contributed by atoms with Crippen LogP contribution in [0.15, 0.2) is 48.1 Å². The number of halogens is 1. The van der Waals surface area contributed by atoms with Crippen molar-refractivity contribution in [3.8, 4) is 27.9 Å². The van der Waals surface area contributed by atoms with Gasteiger partial charge in [-0.1, -0.05) is 12.1 Å². The van der Waals surface area contributed by atoms with Gasteiger partial charge in [-0.25, -0.2) is 9.37 Å². The molecule has 5 heteroatoms.